The average molecular weight is 178 g/mol. The van der Waals surface area contributed by atoms with Crippen LogP contribution in [-0.2, 0) is 4.74 Å². The van der Waals surface area contributed by atoms with Gasteiger partial charge in [0.1, 0.15) is 12.4 Å². The third kappa shape index (κ3) is 1.67. The largest absolute Gasteiger partial charge is 0.501 e. The van der Waals surface area contributed by atoms with E-state index in [1.165, 1.54) is 6.33 Å². The molecule has 1 aromatic rings. The van der Waals surface area contributed by atoms with E-state index in [0.29, 0.717) is 12.3 Å². The number of nitrogens with zero attached hydrogens (tertiary/aromatic N) is 2. The minimum atomic E-state index is -0.648. The van der Waals surface area contributed by atoms with Crippen LogP contribution in [0.1, 0.15) is 18.2 Å². The summed E-state index contributed by atoms with van der Waals surface area (Å²) in [5.74, 6) is 0. The van der Waals surface area contributed by atoms with Gasteiger partial charge in [0.25, 0.3) is 0 Å². The molecule has 0 radical (unpaired) electrons. The molecule has 1 unspecified atom stereocenters. The minimum Gasteiger partial charge on any atom is -0.501 e. The van der Waals surface area contributed by atoms with Crippen LogP contribution in [0.5, 0.6) is 0 Å². The van der Waals surface area contributed by atoms with Gasteiger partial charge in [-0.3, -0.25) is 0 Å². The number of aromatic nitrogens is 2. The van der Waals surface area contributed by atoms with Crippen LogP contribution in [0.25, 0.3) is 0 Å². The number of aliphatic hydroxyl groups is 1. The van der Waals surface area contributed by atoms with Crippen molar-refractivity contribution in [3.05, 3.63) is 36.1 Å². The number of hydrogen-bond donors (Lipinski definition) is 1. The van der Waals surface area contributed by atoms with Crippen molar-refractivity contribution in [3.63, 3.8) is 0 Å². The molecule has 0 saturated carbocycles. The number of rotatable bonds is 2. The van der Waals surface area contributed by atoms with Crippen LogP contribution in [0.15, 0.2) is 30.4 Å². The Morgan fingerprint density at radius 3 is 3.08 bits per heavy atom. The van der Waals surface area contributed by atoms with Gasteiger partial charge < -0.3 is 9.84 Å². The van der Waals surface area contributed by atoms with E-state index >= 15 is 0 Å². The highest BCUT2D eigenvalue weighted by Crippen LogP contribution is 2.25. The Labute approximate surface area is 75.9 Å². The van der Waals surface area contributed by atoms with Gasteiger partial charge in [0, 0.05) is 18.2 Å². The van der Waals surface area contributed by atoms with Crippen molar-refractivity contribution in [2.75, 3.05) is 6.61 Å². The maximum Gasteiger partial charge on any atom is 0.120 e. The molecule has 0 amide bonds. The number of ether oxygens (including phenoxy) is 1. The van der Waals surface area contributed by atoms with Crippen LogP contribution in [-0.4, -0.2) is 21.7 Å². The van der Waals surface area contributed by atoms with E-state index in [-0.39, 0.29) is 0 Å². The smallest absolute Gasteiger partial charge is 0.120 e. The predicted molar refractivity (Wildman–Crippen MR) is 45.6 cm³/mol. The molecule has 4 heteroatoms. The van der Waals surface area contributed by atoms with Gasteiger partial charge in [0.2, 0.25) is 0 Å². The van der Waals surface area contributed by atoms with Crippen LogP contribution >= 0.6 is 0 Å². The van der Waals surface area contributed by atoms with Gasteiger partial charge in [0.05, 0.1) is 18.6 Å². The summed E-state index contributed by atoms with van der Waals surface area (Å²) in [7, 11) is 0. The molecule has 68 valence electrons. The molecule has 0 bridgehead atoms. The maximum atomic E-state index is 9.78. The van der Waals surface area contributed by atoms with Crippen LogP contribution in [0.3, 0.4) is 0 Å². The van der Waals surface area contributed by atoms with Crippen molar-refractivity contribution in [2.24, 2.45) is 0 Å². The molecule has 1 aromatic heterocycles. The van der Waals surface area contributed by atoms with Gasteiger partial charge in [-0.05, 0) is 6.07 Å². The van der Waals surface area contributed by atoms with Gasteiger partial charge >= 0.3 is 0 Å². The molecule has 0 spiro atoms. The Morgan fingerprint density at radius 1 is 1.54 bits per heavy atom. The molecular formula is C9H10N2O2. The molecule has 1 atom stereocenters. The first kappa shape index (κ1) is 8.19. The predicted octanol–water partition coefficient (Wildman–Crippen LogP) is 0.814. The van der Waals surface area contributed by atoms with E-state index < -0.39 is 6.10 Å². The average Bonchev–Trinajstić information content (AvgIpc) is 2.71. The van der Waals surface area contributed by atoms with Gasteiger partial charge in [-0.15, -0.1) is 0 Å². The summed E-state index contributed by atoms with van der Waals surface area (Å²) < 4.78 is 5.03. The van der Waals surface area contributed by atoms with Crippen LogP contribution in [0.4, 0.5) is 0 Å². The fourth-order valence-corrected chi connectivity index (χ4v) is 1.26. The topological polar surface area (TPSA) is 55.2 Å². The van der Waals surface area contributed by atoms with Crippen molar-refractivity contribution in [3.8, 4) is 0 Å². The highest BCUT2D eigenvalue weighted by molar-refractivity contribution is 5.18. The molecule has 4 nitrogen and oxygen atoms in total. The Balaban J connectivity index is 2.17. The van der Waals surface area contributed by atoms with Crippen LogP contribution < -0.4 is 0 Å². The Bertz CT molecular complexity index is 311. The first-order valence-corrected chi connectivity index (χ1v) is 4.12. The van der Waals surface area contributed by atoms with Gasteiger partial charge in [-0.1, -0.05) is 0 Å². The molecule has 0 saturated heterocycles. The third-order valence-corrected chi connectivity index (χ3v) is 1.98. The maximum absolute atomic E-state index is 9.78. The first-order chi connectivity index (χ1) is 6.38. The lowest BCUT2D eigenvalue weighted by Gasteiger charge is -2.08. The van der Waals surface area contributed by atoms with Crippen LogP contribution in [0, 0.1) is 0 Å². The lowest BCUT2D eigenvalue weighted by molar-refractivity contribution is 0.208. The summed E-state index contributed by atoms with van der Waals surface area (Å²) in [4.78, 5) is 7.75. The zero-order valence-corrected chi connectivity index (χ0v) is 7.05. The lowest BCUT2D eigenvalue weighted by atomic mass is 10.1. The van der Waals surface area contributed by atoms with Gasteiger partial charge in [0.15, 0.2) is 0 Å². The third-order valence-electron chi connectivity index (χ3n) is 1.98. The zero-order valence-electron chi connectivity index (χ0n) is 7.05. The Kier molecular flexibility index (Phi) is 2.23. The van der Waals surface area contributed by atoms with Crippen molar-refractivity contribution < 1.29 is 9.84 Å². The molecule has 1 aliphatic heterocycles. The summed E-state index contributed by atoms with van der Waals surface area (Å²) in [6.07, 6.45) is 4.76. The summed E-state index contributed by atoms with van der Waals surface area (Å²) in [5, 5.41) is 9.78. The molecule has 2 heterocycles. The van der Waals surface area contributed by atoms with E-state index in [2.05, 4.69) is 9.97 Å². The summed E-state index contributed by atoms with van der Waals surface area (Å²) >= 11 is 0. The van der Waals surface area contributed by atoms with Crippen molar-refractivity contribution in [1.29, 1.82) is 0 Å². The molecule has 13 heavy (non-hydrogen) atoms. The van der Waals surface area contributed by atoms with E-state index in [1.54, 1.807) is 18.5 Å². The second kappa shape index (κ2) is 3.53. The fraction of sp³-hybridized carbons (Fsp3) is 0.333. The standard InChI is InChI=1S/C9H10N2O2/c12-9(7-2-4-13-5-7)8-1-3-10-6-11-8/h1,3,5-6,9,12H,2,4H2. The highest BCUT2D eigenvalue weighted by atomic mass is 16.5. The number of hydrogen-bond acceptors (Lipinski definition) is 4. The SMILES string of the molecule is OC(C1=COCC1)c1ccncn1. The second-order valence-corrected chi connectivity index (χ2v) is 2.85. The van der Waals surface area contributed by atoms with E-state index in [0.717, 1.165) is 12.0 Å². The quantitative estimate of drug-likeness (QED) is 0.728. The molecule has 0 aromatic carbocycles. The molecular weight excluding hydrogens is 168 g/mol. The van der Waals surface area contributed by atoms with E-state index in [1.807, 2.05) is 0 Å². The number of aliphatic hydroxyl groups excluding tert-OH is 1. The molecule has 2 rings (SSSR count). The molecule has 1 aliphatic rings. The molecule has 1 N–H and O–H groups in total. The van der Waals surface area contributed by atoms with Gasteiger partial charge in [-0.2, -0.15) is 0 Å². The monoisotopic (exact) mass is 178 g/mol. The first-order valence-electron chi connectivity index (χ1n) is 4.12. The molecule has 0 fully saturated rings. The lowest BCUT2D eigenvalue weighted by Crippen LogP contribution is -2.02. The fourth-order valence-electron chi connectivity index (χ4n) is 1.26. The summed E-state index contributed by atoms with van der Waals surface area (Å²) in [6.45, 7) is 0.650. The van der Waals surface area contributed by atoms with Crippen LogP contribution in [0.2, 0.25) is 0 Å². The Hall–Kier alpha value is -1.42. The molecule has 0 aliphatic carbocycles. The highest BCUT2D eigenvalue weighted by Gasteiger charge is 2.17. The van der Waals surface area contributed by atoms with Crippen molar-refractivity contribution >= 4 is 0 Å². The zero-order chi connectivity index (χ0) is 9.10. The summed E-state index contributed by atoms with van der Waals surface area (Å²) in [6, 6.07) is 1.70. The second-order valence-electron chi connectivity index (χ2n) is 2.85. The Morgan fingerprint density at radius 2 is 2.46 bits per heavy atom. The van der Waals surface area contributed by atoms with Gasteiger partial charge in [-0.25, -0.2) is 9.97 Å². The van der Waals surface area contributed by atoms with E-state index in [4.69, 9.17) is 4.74 Å². The van der Waals surface area contributed by atoms with Crippen molar-refractivity contribution in [1.82, 2.24) is 9.97 Å². The van der Waals surface area contributed by atoms with Crippen molar-refractivity contribution in [2.45, 2.75) is 12.5 Å². The minimum absolute atomic E-state index is 0.617. The normalized spacial score (nSPS) is 17.8. The van der Waals surface area contributed by atoms with E-state index in [9.17, 15) is 5.11 Å². The summed E-state index contributed by atoms with van der Waals surface area (Å²) in [5.41, 5.74) is 1.49.